The third-order valence-corrected chi connectivity index (χ3v) is 10.1. The lowest BCUT2D eigenvalue weighted by atomic mass is 10.0. The maximum Gasteiger partial charge on any atom is 0.264 e. The van der Waals surface area contributed by atoms with E-state index in [1.54, 1.807) is 0 Å². The van der Waals surface area contributed by atoms with E-state index >= 15 is 0 Å². The van der Waals surface area contributed by atoms with Gasteiger partial charge in [0.1, 0.15) is 23.5 Å². The van der Waals surface area contributed by atoms with E-state index in [0.29, 0.717) is 0 Å². The van der Waals surface area contributed by atoms with Crippen molar-refractivity contribution in [3.63, 3.8) is 0 Å². The second-order valence-electron chi connectivity index (χ2n) is 9.03. The smallest absolute Gasteiger partial charge is 0.264 e. The number of ether oxygens (including phenoxy) is 2. The molecule has 0 aromatic heterocycles. The molecule has 1 aliphatic heterocycles. The van der Waals surface area contributed by atoms with Crippen LogP contribution in [0.5, 0.6) is 11.5 Å². The molecule has 0 fully saturated rings. The fraction of sp³-hybridized carbons (Fsp3) is 0.308. The van der Waals surface area contributed by atoms with Crippen molar-refractivity contribution in [2.45, 2.75) is 17.4 Å². The van der Waals surface area contributed by atoms with Crippen LogP contribution in [0.1, 0.15) is 6.42 Å². The van der Waals surface area contributed by atoms with Crippen molar-refractivity contribution in [1.29, 1.82) is 0 Å². The molecule has 0 saturated heterocycles. The van der Waals surface area contributed by atoms with Crippen molar-refractivity contribution in [3.8, 4) is 22.6 Å². The van der Waals surface area contributed by atoms with Crippen LogP contribution >= 0.6 is 0 Å². The lowest BCUT2D eigenvalue weighted by molar-refractivity contribution is 0.195. The number of aliphatic hydroxyl groups excluding tert-OH is 1. The van der Waals surface area contributed by atoms with Crippen LogP contribution in [-0.2, 0) is 20.0 Å². The molecule has 0 amide bonds. The van der Waals surface area contributed by atoms with Gasteiger partial charge in [-0.25, -0.2) is 34.3 Å². The van der Waals surface area contributed by atoms with Gasteiger partial charge in [-0.05, 0) is 48.0 Å². The predicted molar refractivity (Wildman–Crippen MR) is 142 cm³/mol. The van der Waals surface area contributed by atoms with Crippen molar-refractivity contribution in [3.05, 3.63) is 72.0 Å². The standard InChI is InChI=1S/C26H27F3N2O7S2/c1-30(10-11-32)39(33,34)12-9-19-16-31(40(35,36)20-5-7-23(29)26(15-20)37-2)24-13-17(3-8-25(24)38-19)21-14-18(27)4-6-22(21)28/h3-8,13-15,19,32H,9-12,16H2,1-2H3/t19-/m0/s1. The number of sulfonamides is 2. The molecule has 0 bridgehead atoms. The summed E-state index contributed by atoms with van der Waals surface area (Å²) in [7, 11) is -5.69. The third-order valence-electron chi connectivity index (χ3n) is 6.43. The zero-order valence-electron chi connectivity index (χ0n) is 21.6. The first kappa shape index (κ1) is 29.6. The maximum atomic E-state index is 14.5. The molecule has 14 heteroatoms. The minimum atomic E-state index is -4.41. The van der Waals surface area contributed by atoms with E-state index in [1.165, 1.54) is 32.4 Å². The van der Waals surface area contributed by atoms with Gasteiger partial charge < -0.3 is 14.6 Å². The number of halogens is 3. The van der Waals surface area contributed by atoms with Crippen molar-refractivity contribution < 1.29 is 44.6 Å². The minimum absolute atomic E-state index is 0.000888. The molecule has 4 rings (SSSR count). The number of hydrogen-bond donors (Lipinski definition) is 1. The molecular formula is C26H27F3N2O7S2. The van der Waals surface area contributed by atoms with Crippen LogP contribution in [0, 0.1) is 17.5 Å². The van der Waals surface area contributed by atoms with E-state index in [2.05, 4.69) is 0 Å². The molecular weight excluding hydrogens is 573 g/mol. The summed E-state index contributed by atoms with van der Waals surface area (Å²) >= 11 is 0. The molecule has 0 spiro atoms. The average molecular weight is 601 g/mol. The third kappa shape index (κ3) is 6.04. The van der Waals surface area contributed by atoms with Gasteiger partial charge in [0.25, 0.3) is 10.0 Å². The molecule has 0 saturated carbocycles. The summed E-state index contributed by atoms with van der Waals surface area (Å²) in [4.78, 5) is -0.310. The Labute approximate surface area is 230 Å². The number of anilines is 1. The van der Waals surface area contributed by atoms with E-state index < -0.39 is 49.4 Å². The molecule has 40 heavy (non-hydrogen) atoms. The number of methoxy groups -OCH3 is 1. The van der Waals surface area contributed by atoms with Crippen LogP contribution in [0.15, 0.2) is 59.5 Å². The van der Waals surface area contributed by atoms with Gasteiger partial charge in [0, 0.05) is 31.6 Å². The van der Waals surface area contributed by atoms with Gasteiger partial charge in [-0.1, -0.05) is 6.07 Å². The Bertz CT molecular complexity index is 1620. The summed E-state index contributed by atoms with van der Waals surface area (Å²) in [6.07, 6.45) is -1.02. The second kappa shape index (κ2) is 11.6. The minimum Gasteiger partial charge on any atom is -0.494 e. The molecule has 216 valence electrons. The van der Waals surface area contributed by atoms with Crippen LogP contribution in [0.3, 0.4) is 0 Å². The normalized spacial score (nSPS) is 15.6. The first-order chi connectivity index (χ1) is 18.9. The number of nitrogens with zero attached hydrogens (tertiary/aromatic N) is 2. The second-order valence-corrected chi connectivity index (χ2v) is 13.1. The van der Waals surface area contributed by atoms with Crippen LogP contribution in [0.25, 0.3) is 11.1 Å². The van der Waals surface area contributed by atoms with E-state index in [9.17, 15) is 30.0 Å². The van der Waals surface area contributed by atoms with Gasteiger partial charge in [-0.3, -0.25) is 4.31 Å². The van der Waals surface area contributed by atoms with Crippen LogP contribution in [0.4, 0.5) is 18.9 Å². The summed E-state index contributed by atoms with van der Waals surface area (Å²) in [6.45, 7) is -0.809. The summed E-state index contributed by atoms with van der Waals surface area (Å²) in [5.41, 5.74) is 0.0626. The van der Waals surface area contributed by atoms with E-state index in [4.69, 9.17) is 14.6 Å². The van der Waals surface area contributed by atoms with Gasteiger partial charge >= 0.3 is 0 Å². The predicted octanol–water partition coefficient (Wildman–Crippen LogP) is 3.38. The van der Waals surface area contributed by atoms with E-state index in [1.807, 2.05) is 0 Å². The number of aliphatic hydroxyl groups is 1. The van der Waals surface area contributed by atoms with Crippen molar-refractivity contribution in [1.82, 2.24) is 4.31 Å². The lowest BCUT2D eigenvalue weighted by Gasteiger charge is -2.36. The van der Waals surface area contributed by atoms with E-state index in [-0.39, 0.29) is 59.3 Å². The number of hydrogen-bond acceptors (Lipinski definition) is 7. The molecule has 9 nitrogen and oxygen atoms in total. The number of rotatable bonds is 10. The fourth-order valence-electron chi connectivity index (χ4n) is 4.22. The first-order valence-corrected chi connectivity index (χ1v) is 15.1. The highest BCUT2D eigenvalue weighted by atomic mass is 32.2. The Morgan fingerprint density at radius 1 is 1.02 bits per heavy atom. The average Bonchev–Trinajstić information content (AvgIpc) is 2.92. The Morgan fingerprint density at radius 3 is 2.45 bits per heavy atom. The Balaban J connectivity index is 1.77. The highest BCUT2D eigenvalue weighted by Crippen LogP contribution is 2.41. The lowest BCUT2D eigenvalue weighted by Crippen LogP contribution is -2.44. The summed E-state index contributed by atoms with van der Waals surface area (Å²) in [6, 6.07) is 10.0. The number of benzene rings is 3. The van der Waals surface area contributed by atoms with Gasteiger partial charge in [0.05, 0.1) is 36.6 Å². The Morgan fingerprint density at radius 2 is 1.75 bits per heavy atom. The molecule has 0 unspecified atom stereocenters. The Hall–Kier alpha value is -3.33. The van der Waals surface area contributed by atoms with Crippen LogP contribution in [0.2, 0.25) is 0 Å². The monoisotopic (exact) mass is 600 g/mol. The van der Waals surface area contributed by atoms with Gasteiger partial charge in [0.15, 0.2) is 11.6 Å². The molecule has 1 atom stereocenters. The molecule has 0 aliphatic carbocycles. The molecule has 0 radical (unpaired) electrons. The van der Waals surface area contributed by atoms with Gasteiger partial charge in [-0.2, -0.15) is 0 Å². The SMILES string of the molecule is COc1cc(S(=O)(=O)N2C[C@H](CCS(=O)(=O)N(C)CCO)Oc3ccc(-c4cc(F)ccc4F)cc32)ccc1F. The van der Waals surface area contributed by atoms with E-state index in [0.717, 1.165) is 45.0 Å². The summed E-state index contributed by atoms with van der Waals surface area (Å²) in [5, 5.41) is 9.07. The fourth-order valence-corrected chi connectivity index (χ4v) is 6.97. The zero-order chi connectivity index (χ0) is 29.2. The summed E-state index contributed by atoms with van der Waals surface area (Å²) in [5.74, 6) is -2.83. The Kier molecular flexibility index (Phi) is 8.63. The first-order valence-electron chi connectivity index (χ1n) is 12.0. The summed E-state index contributed by atoms with van der Waals surface area (Å²) < 4.78 is 108. The topological polar surface area (TPSA) is 113 Å². The quantitative estimate of drug-likeness (QED) is 0.380. The van der Waals surface area contributed by atoms with Crippen molar-refractivity contribution >= 4 is 25.7 Å². The highest BCUT2D eigenvalue weighted by molar-refractivity contribution is 7.92. The molecule has 3 aromatic rings. The molecule has 3 aromatic carbocycles. The molecule has 1 heterocycles. The number of fused-ring (bicyclic) bond motifs is 1. The van der Waals surface area contributed by atoms with Crippen molar-refractivity contribution in [2.24, 2.45) is 0 Å². The van der Waals surface area contributed by atoms with Crippen LogP contribution < -0.4 is 13.8 Å². The zero-order valence-corrected chi connectivity index (χ0v) is 23.2. The highest BCUT2D eigenvalue weighted by Gasteiger charge is 2.36. The molecule has 1 aliphatic rings. The maximum absolute atomic E-state index is 14.5. The number of likely N-dealkylation sites (N-methyl/N-ethyl adjacent to an activating group) is 1. The van der Waals surface area contributed by atoms with Crippen LogP contribution in [-0.4, -0.2) is 72.0 Å². The van der Waals surface area contributed by atoms with Gasteiger partial charge in [-0.15, -0.1) is 0 Å². The van der Waals surface area contributed by atoms with Crippen molar-refractivity contribution in [2.75, 3.05) is 43.9 Å². The largest absolute Gasteiger partial charge is 0.494 e. The molecule has 1 N–H and O–H groups in total. The van der Waals surface area contributed by atoms with Gasteiger partial charge in [0.2, 0.25) is 10.0 Å².